The van der Waals surface area contributed by atoms with Crippen molar-refractivity contribution in [1.82, 2.24) is 14.4 Å². The van der Waals surface area contributed by atoms with Crippen LogP contribution < -0.4 is 0 Å². The Balaban J connectivity index is 2.01. The van der Waals surface area contributed by atoms with Gasteiger partial charge in [0.25, 0.3) is 0 Å². The molecule has 0 amide bonds. The highest BCUT2D eigenvalue weighted by Gasteiger charge is 2.38. The topological polar surface area (TPSA) is 55.3 Å². The molecular weight excluding hydrogens is 385 g/mol. The lowest BCUT2D eigenvalue weighted by atomic mass is 9.93. The minimum atomic E-state index is -0.867. The van der Waals surface area contributed by atoms with Gasteiger partial charge in [0.05, 0.1) is 17.3 Å². The van der Waals surface area contributed by atoms with Crippen LogP contribution in [-0.2, 0) is 9.53 Å². The number of rotatable bonds is 2. The van der Waals surface area contributed by atoms with E-state index in [9.17, 15) is 4.79 Å². The van der Waals surface area contributed by atoms with Crippen molar-refractivity contribution in [2.24, 2.45) is 0 Å². The average molecular weight is 400 g/mol. The third kappa shape index (κ3) is 3.18. The number of benzene rings is 2. The third-order valence-corrected chi connectivity index (χ3v) is 5.18. The molecule has 0 fully saturated rings. The van der Waals surface area contributed by atoms with Crippen molar-refractivity contribution in [2.75, 3.05) is 0 Å². The molecule has 1 aliphatic heterocycles. The van der Waals surface area contributed by atoms with Crippen molar-refractivity contribution >= 4 is 29.3 Å². The summed E-state index contributed by atoms with van der Waals surface area (Å²) in [6, 6.07) is 14.8. The fourth-order valence-corrected chi connectivity index (χ4v) is 3.96. The van der Waals surface area contributed by atoms with Gasteiger partial charge in [0, 0.05) is 23.7 Å². The van der Waals surface area contributed by atoms with Gasteiger partial charge in [-0.1, -0.05) is 54.1 Å². The van der Waals surface area contributed by atoms with Crippen molar-refractivity contribution in [3.05, 3.63) is 82.8 Å². The lowest BCUT2D eigenvalue weighted by Gasteiger charge is -2.31. The van der Waals surface area contributed by atoms with Gasteiger partial charge in [-0.25, -0.2) is 9.97 Å². The zero-order valence-electron chi connectivity index (χ0n) is 14.3. The first-order valence-corrected chi connectivity index (χ1v) is 9.04. The van der Waals surface area contributed by atoms with Crippen LogP contribution in [0.2, 0.25) is 5.02 Å². The number of ether oxygens (including phenoxy) is 1. The van der Waals surface area contributed by atoms with Gasteiger partial charge in [0.1, 0.15) is 6.33 Å². The van der Waals surface area contributed by atoms with E-state index < -0.39 is 18.2 Å². The summed E-state index contributed by atoms with van der Waals surface area (Å²) in [5.74, 6) is -0.454. The summed E-state index contributed by atoms with van der Waals surface area (Å²) in [7, 11) is 0. The first kappa shape index (κ1) is 17.9. The molecule has 0 radical (unpaired) electrons. The van der Waals surface area contributed by atoms with Gasteiger partial charge in [-0.3, -0.25) is 4.79 Å². The van der Waals surface area contributed by atoms with Crippen LogP contribution in [-0.4, -0.2) is 20.4 Å². The van der Waals surface area contributed by atoms with Gasteiger partial charge in [0.15, 0.2) is 6.23 Å². The minimum absolute atomic E-state index is 0.449. The normalized spacial score (nSPS) is 18.9. The Labute approximate surface area is 166 Å². The van der Waals surface area contributed by atoms with E-state index in [1.165, 1.54) is 17.7 Å². The van der Waals surface area contributed by atoms with Crippen molar-refractivity contribution in [3.8, 4) is 11.3 Å². The molecule has 27 heavy (non-hydrogen) atoms. The van der Waals surface area contributed by atoms with Crippen molar-refractivity contribution in [2.45, 2.75) is 19.2 Å². The maximum atomic E-state index is 11.8. The molecule has 7 heteroatoms. The molecule has 0 saturated carbocycles. The highest BCUT2D eigenvalue weighted by Crippen LogP contribution is 2.47. The molecule has 2 atom stereocenters. The number of nitrogens with zero attached hydrogens (tertiary/aromatic N) is 3. The summed E-state index contributed by atoms with van der Waals surface area (Å²) >= 11 is 13.3. The van der Waals surface area contributed by atoms with Gasteiger partial charge in [0.2, 0.25) is 0 Å². The number of aromatic nitrogens is 2. The smallest absolute Gasteiger partial charge is 0.304 e. The largest absolute Gasteiger partial charge is 0.441 e. The second-order valence-corrected chi connectivity index (χ2v) is 6.94. The molecule has 136 valence electrons. The molecule has 2 unspecified atom stereocenters. The van der Waals surface area contributed by atoms with E-state index >= 15 is 0 Å². The lowest BCUT2D eigenvalue weighted by Crippen LogP contribution is -2.28. The Kier molecular flexibility index (Phi) is 4.83. The molecule has 0 N–H and O–H groups in total. The predicted octanol–water partition coefficient (Wildman–Crippen LogP) is 4.92. The second kappa shape index (κ2) is 7.27. The van der Waals surface area contributed by atoms with Gasteiger partial charge >= 0.3 is 5.97 Å². The number of hydrogen-bond donors (Lipinski definition) is 0. The second-order valence-electron chi connectivity index (χ2n) is 6.14. The van der Waals surface area contributed by atoms with Crippen LogP contribution in [0.25, 0.3) is 11.3 Å². The van der Waals surface area contributed by atoms with Gasteiger partial charge in [-0.15, -0.1) is 0 Å². The quantitative estimate of drug-likeness (QED) is 0.452. The highest BCUT2D eigenvalue weighted by atomic mass is 35.5. The summed E-state index contributed by atoms with van der Waals surface area (Å²) in [5, 5.41) is 0.571. The molecule has 2 aromatic carbocycles. The van der Waals surface area contributed by atoms with Crippen LogP contribution >= 0.6 is 23.4 Å². The molecule has 4 rings (SSSR count). The minimum Gasteiger partial charge on any atom is -0.441 e. The predicted molar refractivity (Wildman–Crippen MR) is 103 cm³/mol. The van der Waals surface area contributed by atoms with Crippen LogP contribution in [0, 0.1) is 0 Å². The summed E-state index contributed by atoms with van der Waals surface area (Å²) in [5.41, 5.74) is 3.90. The standard InChI is InChI=1S/C20H15Cl2N3O2/c1-12(26)27-20-16-10-23-11-24-18(16)13-6-2-3-7-14(13)19(25(20)22)15-8-4-5-9-17(15)21/h2-11,19-20H,1H3. The number of hydrogen-bond acceptors (Lipinski definition) is 5. The maximum Gasteiger partial charge on any atom is 0.304 e. The summed E-state index contributed by atoms with van der Waals surface area (Å²) < 4.78 is 7.03. The van der Waals surface area contributed by atoms with E-state index in [2.05, 4.69) is 9.97 Å². The Hall–Kier alpha value is -2.47. The Bertz CT molecular complexity index is 1010. The highest BCUT2D eigenvalue weighted by molar-refractivity contribution is 6.31. The molecule has 2 heterocycles. The molecule has 3 aromatic rings. The van der Waals surface area contributed by atoms with Gasteiger partial charge in [-0.2, -0.15) is 4.42 Å². The monoisotopic (exact) mass is 399 g/mol. The molecule has 1 aromatic heterocycles. The molecular formula is C20H15Cl2N3O2. The first-order valence-electron chi connectivity index (χ1n) is 8.33. The van der Waals surface area contributed by atoms with Crippen LogP contribution in [0.15, 0.2) is 61.1 Å². The van der Waals surface area contributed by atoms with E-state index in [1.807, 2.05) is 48.5 Å². The van der Waals surface area contributed by atoms with E-state index in [-0.39, 0.29) is 0 Å². The number of carbonyl (C=O) groups is 1. The van der Waals surface area contributed by atoms with E-state index in [0.717, 1.165) is 16.7 Å². The number of esters is 1. The van der Waals surface area contributed by atoms with Crippen LogP contribution in [0.5, 0.6) is 0 Å². The SMILES string of the molecule is CC(=O)OC1c2cncnc2-c2ccccc2C(c2ccccc2Cl)N1Cl. The Morgan fingerprint density at radius 2 is 1.78 bits per heavy atom. The van der Waals surface area contributed by atoms with Crippen molar-refractivity contribution < 1.29 is 9.53 Å². The summed E-state index contributed by atoms with van der Waals surface area (Å²) in [4.78, 5) is 20.3. The summed E-state index contributed by atoms with van der Waals surface area (Å²) in [6.45, 7) is 1.34. The molecule has 5 nitrogen and oxygen atoms in total. The molecule has 0 bridgehead atoms. The van der Waals surface area contributed by atoms with Gasteiger partial charge in [-0.05, 0) is 29.0 Å². The molecule has 1 aliphatic rings. The molecule has 0 aliphatic carbocycles. The lowest BCUT2D eigenvalue weighted by molar-refractivity contribution is -0.153. The number of carbonyl (C=O) groups excluding carboxylic acids is 1. The molecule has 0 saturated heterocycles. The van der Waals surface area contributed by atoms with Crippen LogP contribution in [0.3, 0.4) is 0 Å². The number of halogens is 2. The first-order chi connectivity index (χ1) is 13.1. The van der Waals surface area contributed by atoms with Crippen molar-refractivity contribution in [1.29, 1.82) is 0 Å². The van der Waals surface area contributed by atoms with Crippen LogP contribution in [0.4, 0.5) is 0 Å². The van der Waals surface area contributed by atoms with E-state index in [0.29, 0.717) is 16.3 Å². The van der Waals surface area contributed by atoms with E-state index in [1.54, 1.807) is 6.20 Å². The van der Waals surface area contributed by atoms with E-state index in [4.69, 9.17) is 28.1 Å². The van der Waals surface area contributed by atoms with Crippen LogP contribution in [0.1, 0.15) is 35.9 Å². The third-order valence-electron chi connectivity index (χ3n) is 4.47. The Morgan fingerprint density at radius 3 is 2.52 bits per heavy atom. The number of fused-ring (bicyclic) bond motifs is 3. The zero-order valence-corrected chi connectivity index (χ0v) is 15.9. The maximum absolute atomic E-state index is 11.8. The Morgan fingerprint density at radius 1 is 1.07 bits per heavy atom. The summed E-state index contributed by atoms with van der Waals surface area (Å²) in [6.07, 6.45) is 2.22. The zero-order chi connectivity index (χ0) is 19.0. The van der Waals surface area contributed by atoms with Gasteiger partial charge < -0.3 is 4.74 Å². The molecule has 0 spiro atoms. The fourth-order valence-electron chi connectivity index (χ4n) is 3.37. The van der Waals surface area contributed by atoms with Crippen molar-refractivity contribution in [3.63, 3.8) is 0 Å². The fraction of sp³-hybridized carbons (Fsp3) is 0.150. The average Bonchev–Trinajstić information content (AvgIpc) is 2.77.